The summed E-state index contributed by atoms with van der Waals surface area (Å²) in [5, 5.41) is 2.99. The van der Waals surface area contributed by atoms with Gasteiger partial charge in [-0.05, 0) is 55.0 Å². The SMILES string of the molecule is CCOc1cccc(/C=C2\NC(=S)N(c3ccccc3F)C2=O)c1. The van der Waals surface area contributed by atoms with Crippen LogP contribution in [0, 0.1) is 5.82 Å². The minimum atomic E-state index is -0.505. The number of halogens is 1. The lowest BCUT2D eigenvalue weighted by atomic mass is 10.1. The molecular weight excluding hydrogens is 327 g/mol. The quantitative estimate of drug-likeness (QED) is 0.682. The number of nitrogens with one attached hydrogen (secondary N) is 1. The van der Waals surface area contributed by atoms with Crippen LogP contribution >= 0.6 is 12.2 Å². The van der Waals surface area contributed by atoms with Crippen molar-refractivity contribution in [2.24, 2.45) is 0 Å². The summed E-state index contributed by atoms with van der Waals surface area (Å²) in [6, 6.07) is 13.4. The number of hydrogen-bond donors (Lipinski definition) is 1. The van der Waals surface area contributed by atoms with Crippen molar-refractivity contribution >= 4 is 35.0 Å². The molecule has 122 valence electrons. The number of amides is 1. The third-order valence-corrected chi connectivity index (χ3v) is 3.74. The maximum Gasteiger partial charge on any atom is 0.281 e. The van der Waals surface area contributed by atoms with Gasteiger partial charge in [-0.3, -0.25) is 4.79 Å². The molecule has 1 heterocycles. The van der Waals surface area contributed by atoms with E-state index in [0.29, 0.717) is 12.4 Å². The smallest absolute Gasteiger partial charge is 0.281 e. The number of nitrogens with zero attached hydrogens (tertiary/aromatic N) is 1. The molecule has 0 aromatic heterocycles. The van der Waals surface area contributed by atoms with Gasteiger partial charge < -0.3 is 10.1 Å². The maximum absolute atomic E-state index is 14.0. The Hall–Kier alpha value is -2.73. The van der Waals surface area contributed by atoms with E-state index >= 15 is 0 Å². The molecule has 1 N–H and O–H groups in total. The number of hydrogen-bond acceptors (Lipinski definition) is 3. The maximum atomic E-state index is 14.0. The molecular formula is C18H15FN2O2S. The highest BCUT2D eigenvalue weighted by molar-refractivity contribution is 7.80. The Morgan fingerprint density at radius 2 is 2.04 bits per heavy atom. The minimum Gasteiger partial charge on any atom is -0.494 e. The molecule has 0 saturated carbocycles. The van der Waals surface area contributed by atoms with Crippen molar-refractivity contribution in [3.63, 3.8) is 0 Å². The zero-order chi connectivity index (χ0) is 17.1. The van der Waals surface area contributed by atoms with Gasteiger partial charge in [-0.2, -0.15) is 0 Å². The van der Waals surface area contributed by atoms with Crippen LogP contribution in [0.4, 0.5) is 10.1 Å². The van der Waals surface area contributed by atoms with E-state index in [4.69, 9.17) is 17.0 Å². The molecule has 2 aromatic carbocycles. The highest BCUT2D eigenvalue weighted by Gasteiger charge is 2.33. The molecule has 0 bridgehead atoms. The molecule has 3 rings (SSSR count). The van der Waals surface area contributed by atoms with Gasteiger partial charge in [0.05, 0.1) is 12.3 Å². The topological polar surface area (TPSA) is 41.6 Å². The van der Waals surface area contributed by atoms with Crippen LogP contribution in [0.25, 0.3) is 6.08 Å². The molecule has 1 fully saturated rings. The summed E-state index contributed by atoms with van der Waals surface area (Å²) in [6.07, 6.45) is 1.66. The molecule has 4 nitrogen and oxygen atoms in total. The molecule has 0 radical (unpaired) electrons. The van der Waals surface area contributed by atoms with Gasteiger partial charge in [-0.15, -0.1) is 0 Å². The third-order valence-electron chi connectivity index (χ3n) is 3.45. The first-order valence-corrected chi connectivity index (χ1v) is 7.85. The van der Waals surface area contributed by atoms with Crippen LogP contribution in [0.1, 0.15) is 12.5 Å². The average molecular weight is 342 g/mol. The highest BCUT2D eigenvalue weighted by Crippen LogP contribution is 2.25. The van der Waals surface area contributed by atoms with E-state index in [2.05, 4.69) is 5.32 Å². The van der Waals surface area contributed by atoms with Crippen molar-refractivity contribution in [2.75, 3.05) is 11.5 Å². The molecule has 1 saturated heterocycles. The number of rotatable bonds is 4. The molecule has 2 aromatic rings. The van der Waals surface area contributed by atoms with Crippen LogP contribution < -0.4 is 15.0 Å². The van der Waals surface area contributed by atoms with Gasteiger partial charge in [0.1, 0.15) is 17.3 Å². The van der Waals surface area contributed by atoms with Crippen molar-refractivity contribution in [2.45, 2.75) is 6.92 Å². The number of thiocarbonyl (C=S) groups is 1. The van der Waals surface area contributed by atoms with E-state index in [-0.39, 0.29) is 16.5 Å². The van der Waals surface area contributed by atoms with Crippen LogP contribution in [-0.2, 0) is 4.79 Å². The summed E-state index contributed by atoms with van der Waals surface area (Å²) in [4.78, 5) is 13.7. The molecule has 1 aliphatic rings. The Kier molecular flexibility index (Phi) is 4.57. The Balaban J connectivity index is 1.91. The fraction of sp³-hybridized carbons (Fsp3) is 0.111. The van der Waals surface area contributed by atoms with Gasteiger partial charge in [-0.1, -0.05) is 24.3 Å². The number of benzene rings is 2. The van der Waals surface area contributed by atoms with Crippen molar-refractivity contribution < 1.29 is 13.9 Å². The fourth-order valence-electron chi connectivity index (χ4n) is 2.41. The summed E-state index contributed by atoms with van der Waals surface area (Å²) in [5.74, 6) is -0.188. The molecule has 0 spiro atoms. The third kappa shape index (κ3) is 3.14. The fourth-order valence-corrected chi connectivity index (χ4v) is 2.71. The summed E-state index contributed by atoms with van der Waals surface area (Å²) in [5.41, 5.74) is 1.21. The van der Waals surface area contributed by atoms with Crippen molar-refractivity contribution in [3.05, 3.63) is 65.6 Å². The first kappa shape index (κ1) is 16.1. The van der Waals surface area contributed by atoms with Crippen molar-refractivity contribution in [1.29, 1.82) is 0 Å². The Morgan fingerprint density at radius 3 is 2.79 bits per heavy atom. The summed E-state index contributed by atoms with van der Waals surface area (Å²) in [7, 11) is 0. The molecule has 0 aliphatic carbocycles. The van der Waals surface area contributed by atoms with Gasteiger partial charge in [0.25, 0.3) is 5.91 Å². The monoisotopic (exact) mass is 342 g/mol. The van der Waals surface area contributed by atoms with Crippen LogP contribution in [0.15, 0.2) is 54.2 Å². The predicted octanol–water partition coefficient (Wildman–Crippen LogP) is 3.49. The van der Waals surface area contributed by atoms with Crippen molar-refractivity contribution in [3.8, 4) is 5.75 Å². The highest BCUT2D eigenvalue weighted by atomic mass is 32.1. The van der Waals surface area contributed by atoms with Crippen LogP contribution in [-0.4, -0.2) is 17.6 Å². The number of carbonyl (C=O) groups excluding carboxylic acids is 1. The average Bonchev–Trinajstić information content (AvgIpc) is 2.83. The van der Waals surface area contributed by atoms with E-state index < -0.39 is 11.7 Å². The number of para-hydroxylation sites is 1. The number of carbonyl (C=O) groups is 1. The van der Waals surface area contributed by atoms with E-state index in [9.17, 15) is 9.18 Å². The first-order chi connectivity index (χ1) is 11.6. The summed E-state index contributed by atoms with van der Waals surface area (Å²) in [6.45, 7) is 2.46. The largest absolute Gasteiger partial charge is 0.494 e. The normalized spacial score (nSPS) is 15.8. The van der Waals surface area contributed by atoms with Gasteiger partial charge in [0.15, 0.2) is 5.11 Å². The molecule has 0 unspecified atom stereocenters. The van der Waals surface area contributed by atoms with Gasteiger partial charge >= 0.3 is 0 Å². The molecule has 24 heavy (non-hydrogen) atoms. The molecule has 1 aliphatic heterocycles. The van der Waals surface area contributed by atoms with Gasteiger partial charge in [-0.25, -0.2) is 9.29 Å². The number of anilines is 1. The first-order valence-electron chi connectivity index (χ1n) is 7.44. The second-order valence-electron chi connectivity index (χ2n) is 5.09. The second-order valence-corrected chi connectivity index (χ2v) is 5.47. The van der Waals surface area contributed by atoms with Crippen LogP contribution in [0.3, 0.4) is 0 Å². The predicted molar refractivity (Wildman–Crippen MR) is 95.2 cm³/mol. The summed E-state index contributed by atoms with van der Waals surface area (Å²) < 4.78 is 19.4. The Morgan fingerprint density at radius 1 is 1.25 bits per heavy atom. The van der Waals surface area contributed by atoms with E-state index in [1.54, 1.807) is 18.2 Å². The van der Waals surface area contributed by atoms with Crippen LogP contribution in [0.2, 0.25) is 0 Å². The lowest BCUT2D eigenvalue weighted by molar-refractivity contribution is -0.113. The Bertz CT molecular complexity index is 835. The Labute approximate surface area is 144 Å². The standard InChI is InChI=1S/C18H15FN2O2S/c1-2-23-13-7-5-6-12(10-13)11-15-17(22)21(18(24)20-15)16-9-4-3-8-14(16)19/h3-11H,2H2,1H3,(H,20,24)/b15-11-. The van der Waals surface area contributed by atoms with Gasteiger partial charge in [0, 0.05) is 0 Å². The summed E-state index contributed by atoms with van der Waals surface area (Å²) >= 11 is 5.18. The van der Waals surface area contributed by atoms with Gasteiger partial charge in [0.2, 0.25) is 0 Å². The van der Waals surface area contributed by atoms with Crippen LogP contribution in [0.5, 0.6) is 5.75 Å². The molecule has 0 atom stereocenters. The molecule has 1 amide bonds. The van der Waals surface area contributed by atoms with Crippen molar-refractivity contribution in [1.82, 2.24) is 5.32 Å². The zero-order valence-corrected chi connectivity index (χ0v) is 13.8. The van der Waals surface area contributed by atoms with E-state index in [0.717, 1.165) is 10.5 Å². The zero-order valence-electron chi connectivity index (χ0n) is 13.0. The minimum absolute atomic E-state index is 0.131. The molecule has 6 heteroatoms. The van der Waals surface area contributed by atoms with E-state index in [1.165, 1.54) is 12.1 Å². The van der Waals surface area contributed by atoms with E-state index in [1.807, 2.05) is 31.2 Å². The second kappa shape index (κ2) is 6.80. The lowest BCUT2D eigenvalue weighted by Crippen LogP contribution is -2.31. The lowest BCUT2D eigenvalue weighted by Gasteiger charge is -2.14. The number of ether oxygens (including phenoxy) is 1.